The van der Waals surface area contributed by atoms with Crippen LogP contribution < -0.4 is 10.2 Å². The Morgan fingerprint density at radius 3 is 2.88 bits per heavy atom. The smallest absolute Gasteiger partial charge is 0.229 e. The zero-order valence-electron chi connectivity index (χ0n) is 14.8. The van der Waals surface area contributed by atoms with Gasteiger partial charge in [0.15, 0.2) is 5.82 Å². The number of fused-ring (bicyclic) bond motifs is 1. The Kier molecular flexibility index (Phi) is 4.12. The van der Waals surface area contributed by atoms with Gasteiger partial charge in [0.25, 0.3) is 0 Å². The summed E-state index contributed by atoms with van der Waals surface area (Å²) in [4.78, 5) is 19.1. The zero-order chi connectivity index (χ0) is 18.1. The van der Waals surface area contributed by atoms with Gasteiger partial charge in [-0.3, -0.25) is 9.78 Å². The fraction of sp³-hybridized carbons (Fsp3) is 0.263. The summed E-state index contributed by atoms with van der Waals surface area (Å²) >= 11 is 0. The highest BCUT2D eigenvalue weighted by atomic mass is 16.1. The minimum absolute atomic E-state index is 0.00303. The normalized spacial score (nSPS) is 16.2. The van der Waals surface area contributed by atoms with Crippen LogP contribution >= 0.6 is 0 Å². The maximum atomic E-state index is 12.8. The fourth-order valence-electron chi connectivity index (χ4n) is 3.41. The Bertz CT molecular complexity index is 950. The van der Waals surface area contributed by atoms with Crippen molar-refractivity contribution >= 4 is 17.3 Å². The number of nitrogens with one attached hydrogen (secondary N) is 1. The second-order valence-electron chi connectivity index (χ2n) is 6.63. The van der Waals surface area contributed by atoms with E-state index >= 15 is 0 Å². The lowest BCUT2D eigenvalue weighted by Crippen LogP contribution is -2.39. The highest BCUT2D eigenvalue weighted by Crippen LogP contribution is 2.29. The van der Waals surface area contributed by atoms with Crippen molar-refractivity contribution in [2.45, 2.75) is 6.42 Å². The quantitative estimate of drug-likeness (QED) is 0.785. The standard InChI is InChI=1S/C19H20N6O/c1-24-11-15(7-13-5-3-4-6-17(13)24)19(26)22-16-8-14(9-20-10-16)18-23-21-12-25(18)2/h3-6,8-10,12,15H,7,11H2,1-2H3,(H,22,26). The predicted molar refractivity (Wildman–Crippen MR) is 99.8 cm³/mol. The second-order valence-corrected chi connectivity index (χ2v) is 6.63. The van der Waals surface area contributed by atoms with Gasteiger partial charge in [-0.1, -0.05) is 18.2 Å². The molecule has 1 aliphatic rings. The first-order valence-electron chi connectivity index (χ1n) is 8.51. The van der Waals surface area contributed by atoms with E-state index in [-0.39, 0.29) is 11.8 Å². The number of aromatic nitrogens is 4. The van der Waals surface area contributed by atoms with Crippen LogP contribution in [0, 0.1) is 5.92 Å². The maximum Gasteiger partial charge on any atom is 0.229 e. The number of nitrogens with zero attached hydrogens (tertiary/aromatic N) is 5. The molecule has 1 amide bonds. The summed E-state index contributed by atoms with van der Waals surface area (Å²) in [6.45, 7) is 0.694. The van der Waals surface area contributed by atoms with Crippen LogP contribution in [0.25, 0.3) is 11.4 Å². The van der Waals surface area contributed by atoms with E-state index in [1.807, 2.05) is 36.9 Å². The minimum Gasteiger partial charge on any atom is -0.374 e. The van der Waals surface area contributed by atoms with Crippen LogP contribution in [0.2, 0.25) is 0 Å². The van der Waals surface area contributed by atoms with Crippen molar-refractivity contribution in [1.29, 1.82) is 0 Å². The van der Waals surface area contributed by atoms with E-state index in [0.717, 1.165) is 12.0 Å². The number of hydrogen-bond acceptors (Lipinski definition) is 5. The van der Waals surface area contributed by atoms with Gasteiger partial charge in [-0.25, -0.2) is 0 Å². The van der Waals surface area contributed by atoms with Gasteiger partial charge >= 0.3 is 0 Å². The molecule has 7 heteroatoms. The molecular formula is C19H20N6O. The van der Waals surface area contributed by atoms with Crippen molar-refractivity contribution in [1.82, 2.24) is 19.7 Å². The summed E-state index contributed by atoms with van der Waals surface area (Å²) in [6, 6.07) is 10.1. The van der Waals surface area contributed by atoms with Crippen molar-refractivity contribution in [2.24, 2.45) is 13.0 Å². The van der Waals surface area contributed by atoms with Gasteiger partial charge in [-0.05, 0) is 24.1 Å². The van der Waals surface area contributed by atoms with Crippen LogP contribution in [0.15, 0.2) is 49.1 Å². The highest BCUT2D eigenvalue weighted by Gasteiger charge is 2.27. The molecule has 3 heterocycles. The van der Waals surface area contributed by atoms with Crippen molar-refractivity contribution in [2.75, 3.05) is 23.8 Å². The molecule has 0 saturated carbocycles. The van der Waals surface area contributed by atoms with Crippen LogP contribution in [-0.4, -0.2) is 39.2 Å². The number of hydrogen-bond donors (Lipinski definition) is 1. The van der Waals surface area contributed by atoms with Gasteiger partial charge in [0, 0.05) is 38.1 Å². The molecular weight excluding hydrogens is 328 g/mol. The number of anilines is 2. The molecule has 7 nitrogen and oxygen atoms in total. The van der Waals surface area contributed by atoms with Crippen LogP contribution in [-0.2, 0) is 18.3 Å². The lowest BCUT2D eigenvalue weighted by atomic mass is 9.92. The van der Waals surface area contributed by atoms with Gasteiger partial charge in [-0.2, -0.15) is 0 Å². The van der Waals surface area contributed by atoms with E-state index in [4.69, 9.17) is 0 Å². The molecule has 1 N–H and O–H groups in total. The van der Waals surface area contributed by atoms with Crippen LogP contribution in [0.1, 0.15) is 5.56 Å². The Labute approximate surface area is 151 Å². The molecule has 0 aliphatic carbocycles. The molecule has 0 fully saturated rings. The summed E-state index contributed by atoms with van der Waals surface area (Å²) in [5.41, 5.74) is 3.88. The number of pyridine rings is 1. The number of benzene rings is 1. The third-order valence-electron chi connectivity index (χ3n) is 4.71. The van der Waals surface area contributed by atoms with Crippen LogP contribution in [0.3, 0.4) is 0 Å². The van der Waals surface area contributed by atoms with Crippen molar-refractivity contribution < 1.29 is 4.79 Å². The van der Waals surface area contributed by atoms with Gasteiger partial charge in [0.2, 0.25) is 5.91 Å². The van der Waals surface area contributed by atoms with Crippen molar-refractivity contribution in [3.05, 3.63) is 54.6 Å². The number of rotatable bonds is 3. The molecule has 0 radical (unpaired) electrons. The van der Waals surface area contributed by atoms with Crippen molar-refractivity contribution in [3.8, 4) is 11.4 Å². The Hall–Kier alpha value is -3.22. The molecule has 26 heavy (non-hydrogen) atoms. The molecule has 3 aromatic rings. The van der Waals surface area contributed by atoms with E-state index in [0.29, 0.717) is 18.1 Å². The topological polar surface area (TPSA) is 75.9 Å². The number of carbonyl (C=O) groups excluding carboxylic acids is 1. The predicted octanol–water partition coefficient (Wildman–Crippen LogP) is 2.12. The average molecular weight is 348 g/mol. The summed E-state index contributed by atoms with van der Waals surface area (Å²) in [5.74, 6) is 0.608. The lowest BCUT2D eigenvalue weighted by Gasteiger charge is -2.32. The molecule has 1 unspecified atom stereocenters. The van der Waals surface area contributed by atoms with Gasteiger partial charge < -0.3 is 14.8 Å². The molecule has 1 atom stereocenters. The average Bonchev–Trinajstić information content (AvgIpc) is 3.08. The van der Waals surface area contributed by atoms with Crippen molar-refractivity contribution in [3.63, 3.8) is 0 Å². The molecule has 0 saturated heterocycles. The molecule has 132 valence electrons. The van der Waals surface area contributed by atoms with Gasteiger partial charge in [0.05, 0.1) is 17.8 Å². The second kappa shape index (κ2) is 6.59. The SMILES string of the molecule is CN1CC(C(=O)Nc2cncc(-c3nncn3C)c2)Cc2ccccc21. The molecule has 4 rings (SSSR count). The van der Waals surface area contributed by atoms with Crippen LogP contribution in [0.5, 0.6) is 0 Å². The Morgan fingerprint density at radius 1 is 1.23 bits per heavy atom. The van der Waals surface area contributed by atoms with E-state index in [1.54, 1.807) is 18.7 Å². The molecule has 1 aromatic carbocycles. The minimum atomic E-state index is -0.103. The summed E-state index contributed by atoms with van der Waals surface area (Å²) < 4.78 is 1.82. The number of amides is 1. The van der Waals surface area contributed by atoms with Gasteiger partial charge in [0.1, 0.15) is 6.33 Å². The molecule has 0 bridgehead atoms. The summed E-state index contributed by atoms with van der Waals surface area (Å²) in [7, 11) is 3.89. The highest BCUT2D eigenvalue weighted by molar-refractivity contribution is 5.94. The van der Waals surface area contributed by atoms with E-state index < -0.39 is 0 Å². The first kappa shape index (κ1) is 16.3. The Balaban J connectivity index is 1.52. The van der Waals surface area contributed by atoms with E-state index in [2.05, 4.69) is 37.5 Å². The molecule has 0 spiro atoms. The van der Waals surface area contributed by atoms with Crippen LogP contribution in [0.4, 0.5) is 11.4 Å². The van der Waals surface area contributed by atoms with E-state index in [9.17, 15) is 4.79 Å². The first-order valence-corrected chi connectivity index (χ1v) is 8.51. The number of carbonyl (C=O) groups is 1. The number of aryl methyl sites for hydroxylation is 1. The number of para-hydroxylation sites is 1. The third kappa shape index (κ3) is 3.03. The lowest BCUT2D eigenvalue weighted by molar-refractivity contribution is -0.119. The molecule has 2 aromatic heterocycles. The fourth-order valence-corrected chi connectivity index (χ4v) is 3.41. The zero-order valence-corrected chi connectivity index (χ0v) is 14.8. The Morgan fingerprint density at radius 2 is 2.08 bits per heavy atom. The summed E-state index contributed by atoms with van der Waals surface area (Å²) in [6.07, 6.45) is 5.74. The van der Waals surface area contributed by atoms with E-state index in [1.165, 1.54) is 11.3 Å². The van der Waals surface area contributed by atoms with Gasteiger partial charge in [-0.15, -0.1) is 10.2 Å². The monoisotopic (exact) mass is 348 g/mol. The summed E-state index contributed by atoms with van der Waals surface area (Å²) in [5, 5.41) is 11.0. The molecule has 1 aliphatic heterocycles. The third-order valence-corrected chi connectivity index (χ3v) is 4.71. The largest absolute Gasteiger partial charge is 0.374 e. The maximum absolute atomic E-state index is 12.8. The first-order chi connectivity index (χ1) is 12.6.